The Morgan fingerprint density at radius 1 is 1.32 bits per heavy atom. The van der Waals surface area contributed by atoms with E-state index in [0.29, 0.717) is 0 Å². The van der Waals surface area contributed by atoms with Gasteiger partial charge < -0.3 is 14.8 Å². The number of nitrogens with zero attached hydrogens (tertiary/aromatic N) is 2. The second-order valence-corrected chi connectivity index (χ2v) is 5.81. The number of aryl methyl sites for hydroxylation is 1. The minimum absolute atomic E-state index is 0.140. The van der Waals surface area contributed by atoms with Crippen molar-refractivity contribution in [3.63, 3.8) is 0 Å². The molecule has 1 aromatic rings. The molecule has 22 heavy (non-hydrogen) atoms. The molecule has 1 unspecified atom stereocenters. The van der Waals surface area contributed by atoms with Crippen molar-refractivity contribution in [2.24, 2.45) is 7.05 Å². The Balaban J connectivity index is 2.40. The first kappa shape index (κ1) is 16.3. The summed E-state index contributed by atoms with van der Waals surface area (Å²) >= 11 is 0. The molecule has 120 valence electrons. The number of rotatable bonds is 3. The Morgan fingerprint density at radius 2 is 1.95 bits per heavy atom. The zero-order valence-electron chi connectivity index (χ0n) is 13.6. The highest BCUT2D eigenvalue weighted by atomic mass is 16.2. The zero-order valence-corrected chi connectivity index (χ0v) is 13.6. The van der Waals surface area contributed by atoms with E-state index in [1.807, 2.05) is 0 Å². The van der Waals surface area contributed by atoms with Crippen molar-refractivity contribution in [3.05, 3.63) is 33.2 Å². The van der Waals surface area contributed by atoms with Crippen LogP contribution >= 0.6 is 0 Å². The molecule has 0 aromatic carbocycles. The largest absolute Gasteiger partial charge is 0.357 e. The Morgan fingerprint density at radius 3 is 2.59 bits per heavy atom. The highest BCUT2D eigenvalue weighted by Crippen LogP contribution is 2.20. The molecule has 1 heterocycles. The first-order valence-electron chi connectivity index (χ1n) is 7.59. The fraction of sp³-hybridized carbons (Fsp3) is 0.562. The fourth-order valence-electron chi connectivity index (χ4n) is 2.89. The smallest absolute Gasteiger partial charge is 0.263 e. The lowest BCUT2D eigenvalue weighted by Gasteiger charge is -2.25. The van der Waals surface area contributed by atoms with Crippen molar-refractivity contribution >= 4 is 11.8 Å². The average molecular weight is 305 g/mol. The molecule has 6 heteroatoms. The quantitative estimate of drug-likeness (QED) is 0.882. The molecule has 0 saturated heterocycles. The molecule has 1 N–H and O–H groups in total. The van der Waals surface area contributed by atoms with Crippen LogP contribution in [0, 0.1) is 0 Å². The molecular formula is C16H23N3O3. The lowest BCUT2D eigenvalue weighted by Crippen LogP contribution is -2.46. The van der Waals surface area contributed by atoms with Crippen molar-refractivity contribution in [1.82, 2.24) is 14.8 Å². The minimum atomic E-state index is -0.627. The van der Waals surface area contributed by atoms with Crippen molar-refractivity contribution in [1.29, 1.82) is 0 Å². The number of hydrogen-bond acceptors (Lipinski definition) is 3. The third-order valence-corrected chi connectivity index (χ3v) is 4.50. The van der Waals surface area contributed by atoms with E-state index in [1.165, 1.54) is 11.9 Å². The van der Waals surface area contributed by atoms with Gasteiger partial charge in [0.1, 0.15) is 11.6 Å². The lowest BCUT2D eigenvalue weighted by molar-refractivity contribution is -0.124. The predicted octanol–water partition coefficient (Wildman–Crippen LogP) is 0.471. The molecule has 2 rings (SSSR count). The van der Waals surface area contributed by atoms with Crippen LogP contribution in [0.2, 0.25) is 0 Å². The molecule has 0 saturated carbocycles. The summed E-state index contributed by atoms with van der Waals surface area (Å²) in [5.41, 5.74) is 1.94. The van der Waals surface area contributed by atoms with Crippen LogP contribution in [0.15, 0.2) is 10.9 Å². The standard InChI is InChI=1S/C16H23N3O3/c1-10(14(20)17-2)18(3)15(21)12-9-11-7-5-6-8-13(11)19(4)16(12)22/h9-10H,5-8H2,1-4H3,(H,17,20). The van der Waals surface area contributed by atoms with Gasteiger partial charge in [0, 0.05) is 26.8 Å². The highest BCUT2D eigenvalue weighted by molar-refractivity contribution is 5.97. The summed E-state index contributed by atoms with van der Waals surface area (Å²) in [6, 6.07) is 1.09. The highest BCUT2D eigenvalue weighted by Gasteiger charge is 2.26. The van der Waals surface area contributed by atoms with Gasteiger partial charge in [0.15, 0.2) is 0 Å². The molecular weight excluding hydrogens is 282 g/mol. The normalized spacial score (nSPS) is 14.9. The van der Waals surface area contributed by atoms with E-state index in [2.05, 4.69) is 5.32 Å². The molecule has 0 spiro atoms. The van der Waals surface area contributed by atoms with Gasteiger partial charge in [-0.1, -0.05) is 0 Å². The summed E-state index contributed by atoms with van der Waals surface area (Å²) < 4.78 is 1.58. The minimum Gasteiger partial charge on any atom is -0.357 e. The monoisotopic (exact) mass is 305 g/mol. The van der Waals surface area contributed by atoms with Gasteiger partial charge >= 0.3 is 0 Å². The first-order chi connectivity index (χ1) is 10.4. The summed E-state index contributed by atoms with van der Waals surface area (Å²) in [5, 5.41) is 2.51. The predicted molar refractivity (Wildman–Crippen MR) is 83.9 cm³/mol. The number of hydrogen-bond donors (Lipinski definition) is 1. The van der Waals surface area contributed by atoms with Crippen molar-refractivity contribution in [2.45, 2.75) is 38.6 Å². The molecule has 2 amide bonds. The first-order valence-corrected chi connectivity index (χ1v) is 7.59. The van der Waals surface area contributed by atoms with Crippen molar-refractivity contribution < 1.29 is 9.59 Å². The maximum absolute atomic E-state index is 12.6. The summed E-state index contributed by atoms with van der Waals surface area (Å²) in [7, 11) is 4.78. The number of pyridine rings is 1. The van der Waals surface area contributed by atoms with E-state index in [9.17, 15) is 14.4 Å². The van der Waals surface area contributed by atoms with Crippen LogP contribution < -0.4 is 10.9 Å². The zero-order chi connectivity index (χ0) is 16.4. The van der Waals surface area contributed by atoms with E-state index in [4.69, 9.17) is 0 Å². The maximum atomic E-state index is 12.6. The SMILES string of the molecule is CNC(=O)C(C)N(C)C(=O)c1cc2c(n(C)c1=O)CCCC2. The lowest BCUT2D eigenvalue weighted by atomic mass is 9.94. The molecule has 0 radical (unpaired) electrons. The van der Waals surface area contributed by atoms with E-state index >= 15 is 0 Å². The number of carbonyl (C=O) groups excluding carboxylic acids is 2. The molecule has 1 atom stereocenters. The molecule has 0 aliphatic heterocycles. The van der Waals surface area contributed by atoms with Crippen LogP contribution in [-0.4, -0.2) is 41.4 Å². The molecule has 1 aliphatic carbocycles. The third kappa shape index (κ3) is 2.77. The number of fused-ring (bicyclic) bond motifs is 1. The molecule has 1 aromatic heterocycles. The average Bonchev–Trinajstić information content (AvgIpc) is 2.55. The van der Waals surface area contributed by atoms with Crippen molar-refractivity contribution in [3.8, 4) is 0 Å². The van der Waals surface area contributed by atoms with Gasteiger partial charge in [-0.2, -0.15) is 0 Å². The van der Waals surface area contributed by atoms with E-state index in [1.54, 1.807) is 31.7 Å². The number of aromatic nitrogens is 1. The van der Waals surface area contributed by atoms with Crippen molar-refractivity contribution in [2.75, 3.05) is 14.1 Å². The topological polar surface area (TPSA) is 71.4 Å². The Labute approximate surface area is 130 Å². The van der Waals surface area contributed by atoms with Gasteiger partial charge in [-0.3, -0.25) is 14.4 Å². The van der Waals surface area contributed by atoms with Crippen LogP contribution in [0.4, 0.5) is 0 Å². The van der Waals surface area contributed by atoms with Gasteiger partial charge in [-0.25, -0.2) is 0 Å². The van der Waals surface area contributed by atoms with Gasteiger partial charge in [0.25, 0.3) is 11.5 Å². The van der Waals surface area contributed by atoms with Gasteiger partial charge in [0.2, 0.25) is 5.91 Å². The Hall–Kier alpha value is -2.11. The van der Waals surface area contributed by atoms with Gasteiger partial charge in [-0.15, -0.1) is 0 Å². The van der Waals surface area contributed by atoms with Gasteiger partial charge in [-0.05, 0) is 44.2 Å². The Bertz CT molecular complexity index is 663. The van der Waals surface area contributed by atoms with Crippen LogP contribution in [0.1, 0.15) is 41.4 Å². The van der Waals surface area contributed by atoms with Gasteiger partial charge in [0.05, 0.1) is 0 Å². The van der Waals surface area contributed by atoms with Crippen LogP contribution in [-0.2, 0) is 24.7 Å². The van der Waals surface area contributed by atoms with Crippen LogP contribution in [0.3, 0.4) is 0 Å². The summed E-state index contributed by atoms with van der Waals surface area (Å²) in [5.74, 6) is -0.671. The van der Waals surface area contributed by atoms with Crippen LogP contribution in [0.5, 0.6) is 0 Å². The number of likely N-dealkylation sites (N-methyl/N-ethyl adjacent to an activating group) is 2. The summed E-state index contributed by atoms with van der Waals surface area (Å²) in [6.07, 6.45) is 3.91. The summed E-state index contributed by atoms with van der Waals surface area (Å²) in [6.45, 7) is 1.64. The second-order valence-electron chi connectivity index (χ2n) is 5.81. The molecule has 6 nitrogen and oxygen atoms in total. The maximum Gasteiger partial charge on any atom is 0.263 e. The number of carbonyl (C=O) groups is 2. The fourth-order valence-corrected chi connectivity index (χ4v) is 2.89. The van der Waals surface area contributed by atoms with Crippen LogP contribution in [0.25, 0.3) is 0 Å². The molecule has 0 bridgehead atoms. The summed E-state index contributed by atoms with van der Waals surface area (Å²) in [4.78, 5) is 38.1. The Kier molecular flexibility index (Phi) is 4.68. The second kappa shape index (κ2) is 6.34. The third-order valence-electron chi connectivity index (χ3n) is 4.50. The number of nitrogens with one attached hydrogen (secondary N) is 1. The van der Waals surface area contributed by atoms with E-state index < -0.39 is 11.9 Å². The van der Waals surface area contributed by atoms with E-state index in [-0.39, 0.29) is 17.0 Å². The number of amides is 2. The molecule has 0 fully saturated rings. The van der Waals surface area contributed by atoms with E-state index in [0.717, 1.165) is 36.9 Å². The molecule has 1 aliphatic rings.